The number of carbonyl (C=O) groups excluding carboxylic acids is 2. The molecule has 9 heteroatoms. The Morgan fingerprint density at radius 2 is 1.72 bits per heavy atom. The molecule has 2 saturated heterocycles. The summed E-state index contributed by atoms with van der Waals surface area (Å²) in [5, 5.41) is 0. The van der Waals surface area contributed by atoms with E-state index in [9.17, 15) is 9.59 Å². The third-order valence-electron chi connectivity index (χ3n) is 6.92. The maximum absolute atomic E-state index is 14.0. The minimum absolute atomic E-state index is 0.205. The first kappa shape index (κ1) is 28.2. The number of benzene rings is 2. The third kappa shape index (κ3) is 6.45. The van der Waals surface area contributed by atoms with Gasteiger partial charge < -0.3 is 23.8 Å². The Bertz CT molecular complexity index is 1190. The lowest BCUT2D eigenvalue weighted by Crippen LogP contribution is -2.48. The van der Waals surface area contributed by atoms with E-state index in [1.54, 1.807) is 21.9 Å². The maximum Gasteiger partial charge on any atom is 0.300 e. The van der Waals surface area contributed by atoms with Gasteiger partial charge in [-0.25, -0.2) is 6.57 Å². The van der Waals surface area contributed by atoms with Crippen molar-refractivity contribution in [2.24, 2.45) is 0 Å². The first-order valence-electron chi connectivity index (χ1n) is 13.2. The molecule has 0 unspecified atom stereocenters. The highest BCUT2D eigenvalue weighted by Gasteiger charge is 2.46. The standard InChI is InChI=1S/C30H37N3O6/c1-30(2,3)39-22-17-23(29(35)32-14-10-13-26(32)31-4)33(18-22)28(34)21-15-24(36-5)27(25(16-21)37-6)38-19-20-11-8-7-9-12-20/h7-9,11-12,15-16,22-23,26H,10,13-14,17-19H2,1-3,5-6H3/t22-,23+,26+/m1/s1. The van der Waals surface area contributed by atoms with Crippen LogP contribution in [0.15, 0.2) is 42.5 Å². The van der Waals surface area contributed by atoms with Gasteiger partial charge in [0.15, 0.2) is 11.5 Å². The fourth-order valence-corrected chi connectivity index (χ4v) is 5.21. The number of likely N-dealkylation sites (tertiary alicyclic amines) is 2. The number of hydrogen-bond acceptors (Lipinski definition) is 6. The zero-order valence-corrected chi connectivity index (χ0v) is 23.3. The van der Waals surface area contributed by atoms with Crippen LogP contribution in [0.1, 0.15) is 56.0 Å². The number of methoxy groups -OCH3 is 2. The van der Waals surface area contributed by atoms with E-state index in [0.29, 0.717) is 48.8 Å². The van der Waals surface area contributed by atoms with Crippen molar-refractivity contribution >= 4 is 11.8 Å². The topological polar surface area (TPSA) is 81.9 Å². The number of ether oxygens (including phenoxy) is 4. The molecular formula is C30H37N3O6. The highest BCUT2D eigenvalue weighted by molar-refractivity contribution is 5.99. The monoisotopic (exact) mass is 535 g/mol. The van der Waals surface area contributed by atoms with E-state index in [0.717, 1.165) is 12.0 Å². The van der Waals surface area contributed by atoms with E-state index < -0.39 is 17.8 Å². The van der Waals surface area contributed by atoms with Crippen LogP contribution < -0.4 is 14.2 Å². The zero-order valence-electron chi connectivity index (χ0n) is 23.3. The van der Waals surface area contributed by atoms with E-state index >= 15 is 0 Å². The van der Waals surface area contributed by atoms with Crippen LogP contribution in [0, 0.1) is 6.57 Å². The largest absolute Gasteiger partial charge is 0.493 e. The SMILES string of the molecule is [C-]#[N+][C@@H]1CCCN1C(=O)[C@@H]1C[C@@H](OC(C)(C)C)CN1C(=O)c1cc(OC)c(OCc2ccccc2)c(OC)c1. The molecule has 2 aromatic carbocycles. The molecule has 2 aliphatic heterocycles. The molecule has 0 saturated carbocycles. The Labute approximate surface area is 230 Å². The van der Waals surface area contributed by atoms with Gasteiger partial charge >= 0.3 is 6.17 Å². The van der Waals surface area contributed by atoms with Gasteiger partial charge in [0.1, 0.15) is 12.6 Å². The number of amides is 2. The summed E-state index contributed by atoms with van der Waals surface area (Å²) in [7, 11) is 3.01. The maximum atomic E-state index is 14.0. The van der Waals surface area contributed by atoms with Gasteiger partial charge in [0.2, 0.25) is 5.75 Å². The van der Waals surface area contributed by atoms with Gasteiger partial charge in [0.25, 0.3) is 11.8 Å². The molecule has 0 aliphatic carbocycles. The van der Waals surface area contributed by atoms with E-state index in [1.807, 2.05) is 51.1 Å². The average molecular weight is 536 g/mol. The summed E-state index contributed by atoms with van der Waals surface area (Å²) < 4.78 is 23.4. The molecule has 2 aliphatic rings. The Morgan fingerprint density at radius 1 is 1.05 bits per heavy atom. The molecule has 2 fully saturated rings. The summed E-state index contributed by atoms with van der Waals surface area (Å²) in [4.78, 5) is 34.4. The summed E-state index contributed by atoms with van der Waals surface area (Å²) in [5.41, 5.74) is 0.853. The van der Waals surface area contributed by atoms with Gasteiger partial charge in [-0.1, -0.05) is 30.3 Å². The predicted octanol–water partition coefficient (Wildman–Crippen LogP) is 4.55. The summed E-state index contributed by atoms with van der Waals surface area (Å²) in [6.45, 7) is 14.4. The molecule has 0 N–H and O–H groups in total. The number of rotatable bonds is 8. The molecule has 9 nitrogen and oxygen atoms in total. The molecular weight excluding hydrogens is 498 g/mol. The van der Waals surface area contributed by atoms with Gasteiger partial charge in [-0.2, -0.15) is 0 Å². The molecule has 2 heterocycles. The second-order valence-corrected chi connectivity index (χ2v) is 10.8. The Morgan fingerprint density at radius 3 is 2.31 bits per heavy atom. The quantitative estimate of drug-likeness (QED) is 0.462. The smallest absolute Gasteiger partial charge is 0.300 e. The highest BCUT2D eigenvalue weighted by Crippen LogP contribution is 2.40. The molecule has 3 atom stereocenters. The van der Waals surface area contributed by atoms with Gasteiger partial charge in [0, 0.05) is 31.5 Å². The third-order valence-corrected chi connectivity index (χ3v) is 6.92. The van der Waals surface area contributed by atoms with Crippen molar-refractivity contribution in [3.63, 3.8) is 0 Å². The van der Waals surface area contributed by atoms with Crippen LogP contribution in [0.25, 0.3) is 4.85 Å². The molecule has 2 aromatic rings. The summed E-state index contributed by atoms with van der Waals surface area (Å²) in [6, 6.07) is 12.2. The van der Waals surface area contributed by atoms with Crippen molar-refractivity contribution in [1.82, 2.24) is 9.80 Å². The van der Waals surface area contributed by atoms with Gasteiger partial charge in [-0.15, -0.1) is 0 Å². The Balaban J connectivity index is 1.63. The van der Waals surface area contributed by atoms with E-state index in [1.165, 1.54) is 14.2 Å². The summed E-state index contributed by atoms with van der Waals surface area (Å²) in [6.07, 6.45) is 0.999. The van der Waals surface area contributed by atoms with Crippen LogP contribution >= 0.6 is 0 Å². The van der Waals surface area contributed by atoms with Crippen LogP contribution in [0.2, 0.25) is 0 Å². The molecule has 0 bridgehead atoms. The van der Waals surface area contributed by atoms with Gasteiger partial charge in [-0.05, 0) is 44.9 Å². The molecule has 0 radical (unpaired) electrons. The van der Waals surface area contributed by atoms with E-state index in [-0.39, 0.29) is 24.5 Å². The minimum Gasteiger partial charge on any atom is -0.493 e. The summed E-state index contributed by atoms with van der Waals surface area (Å²) in [5.74, 6) is 0.554. The lowest BCUT2D eigenvalue weighted by atomic mass is 10.1. The predicted molar refractivity (Wildman–Crippen MR) is 146 cm³/mol. The Kier molecular flexibility index (Phi) is 8.66. The number of nitrogens with zero attached hydrogens (tertiary/aromatic N) is 3. The van der Waals surface area contributed by atoms with E-state index in [4.69, 9.17) is 25.5 Å². The zero-order chi connectivity index (χ0) is 28.2. The number of hydrogen-bond donors (Lipinski definition) is 0. The highest BCUT2D eigenvalue weighted by atomic mass is 16.5. The second kappa shape index (κ2) is 12.0. The van der Waals surface area contributed by atoms with Crippen LogP contribution in [0.5, 0.6) is 17.2 Å². The fourth-order valence-electron chi connectivity index (χ4n) is 5.21. The Hall–Kier alpha value is -3.77. The van der Waals surface area contributed by atoms with Crippen LogP contribution in [-0.4, -0.2) is 72.8 Å². The molecule has 4 rings (SSSR count). The van der Waals surface area contributed by atoms with Crippen LogP contribution in [0.3, 0.4) is 0 Å². The van der Waals surface area contributed by atoms with Gasteiger partial charge in [0.05, 0.1) is 25.9 Å². The minimum atomic E-state index is -0.724. The molecule has 0 spiro atoms. The fraction of sp³-hybridized carbons (Fsp3) is 0.500. The summed E-state index contributed by atoms with van der Waals surface area (Å²) >= 11 is 0. The average Bonchev–Trinajstić information content (AvgIpc) is 3.57. The van der Waals surface area contributed by atoms with Crippen molar-refractivity contribution in [3.05, 3.63) is 65.0 Å². The molecule has 39 heavy (non-hydrogen) atoms. The second-order valence-electron chi connectivity index (χ2n) is 10.8. The molecule has 208 valence electrons. The first-order chi connectivity index (χ1) is 18.6. The molecule has 2 amide bonds. The van der Waals surface area contributed by atoms with Crippen LogP contribution in [0.4, 0.5) is 0 Å². The van der Waals surface area contributed by atoms with Crippen molar-refractivity contribution in [3.8, 4) is 17.2 Å². The van der Waals surface area contributed by atoms with E-state index in [2.05, 4.69) is 4.85 Å². The van der Waals surface area contributed by atoms with Crippen molar-refractivity contribution in [2.45, 2.75) is 70.6 Å². The van der Waals surface area contributed by atoms with Crippen molar-refractivity contribution in [2.75, 3.05) is 27.3 Å². The normalized spacial score (nSPS) is 21.0. The first-order valence-corrected chi connectivity index (χ1v) is 13.2. The van der Waals surface area contributed by atoms with Crippen molar-refractivity contribution in [1.29, 1.82) is 0 Å². The lowest BCUT2D eigenvalue weighted by molar-refractivity contribution is -0.135. The molecule has 0 aromatic heterocycles. The van der Waals surface area contributed by atoms with Crippen molar-refractivity contribution < 1.29 is 28.5 Å². The number of carbonyl (C=O) groups is 2. The van der Waals surface area contributed by atoms with Crippen LogP contribution in [-0.2, 0) is 16.1 Å². The lowest BCUT2D eigenvalue weighted by Gasteiger charge is -2.28. The van der Waals surface area contributed by atoms with Gasteiger partial charge in [-0.3, -0.25) is 19.3 Å².